The van der Waals surface area contributed by atoms with E-state index in [-0.39, 0.29) is 18.2 Å². The van der Waals surface area contributed by atoms with Gasteiger partial charge in [0, 0.05) is 6.54 Å². The Morgan fingerprint density at radius 2 is 1.51 bits per heavy atom. The van der Waals surface area contributed by atoms with Crippen LogP contribution in [0.4, 0.5) is 26.7 Å². The second-order valence-electron chi connectivity index (χ2n) is 9.84. The molecule has 3 aromatic carbocycles. The van der Waals surface area contributed by atoms with Gasteiger partial charge in [-0.15, -0.1) is 0 Å². The summed E-state index contributed by atoms with van der Waals surface area (Å²) in [4.78, 5) is 14.7. The molecule has 8 heteroatoms. The van der Waals surface area contributed by atoms with Crippen LogP contribution in [0.3, 0.4) is 0 Å². The molecule has 182 valence electrons. The van der Waals surface area contributed by atoms with Crippen molar-refractivity contribution in [2.75, 3.05) is 6.54 Å². The summed E-state index contributed by atoms with van der Waals surface area (Å²) in [7, 11) is 0. The van der Waals surface area contributed by atoms with Crippen molar-refractivity contribution in [1.82, 2.24) is 4.90 Å². The Balaban J connectivity index is 1.72. The zero-order chi connectivity index (χ0) is 25.2. The summed E-state index contributed by atoms with van der Waals surface area (Å²) in [5.74, 6) is -9.92. The molecule has 0 spiro atoms. The van der Waals surface area contributed by atoms with Crippen molar-refractivity contribution < 1.29 is 31.5 Å². The first kappa shape index (κ1) is 23.3. The van der Waals surface area contributed by atoms with E-state index in [4.69, 9.17) is 4.74 Å². The molecule has 1 heterocycles. The van der Waals surface area contributed by atoms with Crippen molar-refractivity contribution >= 4 is 6.09 Å². The summed E-state index contributed by atoms with van der Waals surface area (Å²) in [6.45, 7) is 5.62. The van der Waals surface area contributed by atoms with Gasteiger partial charge in [0.05, 0.1) is 11.6 Å². The Morgan fingerprint density at radius 1 is 0.886 bits per heavy atom. The number of benzene rings is 3. The number of hydrogen-bond acceptors (Lipinski definition) is 2. The Labute approximate surface area is 199 Å². The van der Waals surface area contributed by atoms with Crippen LogP contribution in [-0.4, -0.2) is 23.1 Å². The predicted molar refractivity (Wildman–Crippen MR) is 120 cm³/mol. The lowest BCUT2D eigenvalue weighted by molar-refractivity contribution is 0.0140. The molecular formula is C27H22F5NO2. The van der Waals surface area contributed by atoms with Gasteiger partial charge in [-0.25, -0.2) is 26.7 Å². The molecule has 1 aliphatic carbocycles. The molecular weight excluding hydrogens is 465 g/mol. The number of amides is 1. The quantitative estimate of drug-likeness (QED) is 0.208. The fourth-order valence-corrected chi connectivity index (χ4v) is 5.01. The minimum atomic E-state index is -2.19. The summed E-state index contributed by atoms with van der Waals surface area (Å²) in [6, 6.07) is 9.92. The number of rotatable bonds is 1. The maximum atomic E-state index is 14.7. The summed E-state index contributed by atoms with van der Waals surface area (Å²) < 4.78 is 76.6. The van der Waals surface area contributed by atoms with E-state index in [9.17, 15) is 26.7 Å². The van der Waals surface area contributed by atoms with E-state index in [0.29, 0.717) is 24.0 Å². The van der Waals surface area contributed by atoms with E-state index in [1.807, 2.05) is 24.3 Å². The SMILES string of the molecule is CC(C)(C)OC(=O)N1CCc2cc(-c3c(F)c(F)c(F)c(F)c3F)cc3c2C1Cc1ccccc1-3. The maximum Gasteiger partial charge on any atom is 0.410 e. The van der Waals surface area contributed by atoms with Crippen LogP contribution >= 0.6 is 0 Å². The van der Waals surface area contributed by atoms with Crippen molar-refractivity contribution in [3.63, 3.8) is 0 Å². The van der Waals surface area contributed by atoms with Gasteiger partial charge in [-0.3, -0.25) is 0 Å². The highest BCUT2D eigenvalue weighted by atomic mass is 19.2. The Kier molecular flexibility index (Phi) is 5.38. The van der Waals surface area contributed by atoms with Crippen molar-refractivity contribution in [3.8, 4) is 22.3 Å². The molecule has 35 heavy (non-hydrogen) atoms. The molecule has 0 aromatic heterocycles. The number of ether oxygens (including phenoxy) is 1. The molecule has 1 aliphatic heterocycles. The average Bonchev–Trinajstić information content (AvgIpc) is 2.80. The van der Waals surface area contributed by atoms with Gasteiger partial charge in [0.25, 0.3) is 0 Å². The van der Waals surface area contributed by atoms with Gasteiger partial charge in [0.1, 0.15) is 5.60 Å². The Hall–Kier alpha value is -3.42. The molecule has 2 aliphatic rings. The standard InChI is InChI=1S/C27H22F5NO2/c1-27(2,3)35-26(34)33-9-8-14-10-15(20-21(28)23(30)25(32)24(31)22(20)29)11-17-16-7-5-4-6-13(16)12-18(33)19(14)17/h4-7,10-11,18H,8-9,12H2,1-3H3. The van der Waals surface area contributed by atoms with Crippen LogP contribution < -0.4 is 0 Å². The summed E-state index contributed by atoms with van der Waals surface area (Å²) in [5, 5.41) is 0. The third kappa shape index (κ3) is 3.75. The van der Waals surface area contributed by atoms with E-state index in [1.165, 1.54) is 12.1 Å². The molecule has 0 saturated heterocycles. The number of hydrogen-bond donors (Lipinski definition) is 0. The second-order valence-corrected chi connectivity index (χ2v) is 9.84. The second kappa shape index (κ2) is 8.07. The smallest absolute Gasteiger partial charge is 0.410 e. The van der Waals surface area contributed by atoms with E-state index in [1.54, 1.807) is 25.7 Å². The fourth-order valence-electron chi connectivity index (χ4n) is 5.01. The largest absolute Gasteiger partial charge is 0.444 e. The number of carbonyl (C=O) groups is 1. The van der Waals surface area contributed by atoms with E-state index >= 15 is 0 Å². The van der Waals surface area contributed by atoms with Crippen molar-refractivity contribution in [1.29, 1.82) is 0 Å². The average molecular weight is 487 g/mol. The summed E-state index contributed by atoms with van der Waals surface area (Å²) >= 11 is 0. The van der Waals surface area contributed by atoms with Crippen molar-refractivity contribution in [2.45, 2.75) is 45.3 Å². The first-order valence-electron chi connectivity index (χ1n) is 11.2. The topological polar surface area (TPSA) is 29.5 Å². The van der Waals surface area contributed by atoms with Gasteiger partial charge in [0.15, 0.2) is 23.3 Å². The number of halogens is 5. The third-order valence-electron chi connectivity index (χ3n) is 6.44. The third-order valence-corrected chi connectivity index (χ3v) is 6.44. The van der Waals surface area contributed by atoms with Crippen LogP contribution in [-0.2, 0) is 17.6 Å². The lowest BCUT2D eigenvalue weighted by Crippen LogP contribution is -2.44. The van der Waals surface area contributed by atoms with Gasteiger partial charge >= 0.3 is 6.09 Å². The molecule has 5 rings (SSSR count). The molecule has 1 atom stereocenters. The molecule has 0 radical (unpaired) electrons. The van der Waals surface area contributed by atoms with Gasteiger partial charge in [-0.2, -0.15) is 0 Å². The predicted octanol–water partition coefficient (Wildman–Crippen LogP) is 7.11. The number of nitrogens with zero attached hydrogens (tertiary/aromatic N) is 1. The highest BCUT2D eigenvalue weighted by molar-refractivity contribution is 5.83. The van der Waals surface area contributed by atoms with E-state index < -0.39 is 46.3 Å². The van der Waals surface area contributed by atoms with Gasteiger partial charge < -0.3 is 9.64 Å². The minimum Gasteiger partial charge on any atom is -0.444 e. The van der Waals surface area contributed by atoms with Crippen LogP contribution in [0.25, 0.3) is 22.3 Å². The molecule has 0 fully saturated rings. The first-order chi connectivity index (χ1) is 16.5. The molecule has 1 unspecified atom stereocenters. The number of fused-ring (bicyclic) bond motifs is 2. The lowest BCUT2D eigenvalue weighted by atomic mass is 9.76. The highest BCUT2D eigenvalue weighted by Gasteiger charge is 2.39. The van der Waals surface area contributed by atoms with Gasteiger partial charge in [0.2, 0.25) is 5.82 Å². The fraction of sp³-hybridized carbons (Fsp3) is 0.296. The highest BCUT2D eigenvalue weighted by Crippen LogP contribution is 2.48. The molecule has 0 saturated carbocycles. The first-order valence-corrected chi connectivity index (χ1v) is 11.2. The molecule has 3 nitrogen and oxygen atoms in total. The van der Waals surface area contributed by atoms with Crippen LogP contribution in [0, 0.1) is 29.1 Å². The van der Waals surface area contributed by atoms with Crippen LogP contribution in [0.15, 0.2) is 36.4 Å². The molecule has 0 N–H and O–H groups in total. The van der Waals surface area contributed by atoms with Crippen LogP contribution in [0.1, 0.15) is 43.5 Å². The minimum absolute atomic E-state index is 0.104. The Bertz CT molecular complexity index is 1350. The van der Waals surface area contributed by atoms with Crippen LogP contribution in [0.5, 0.6) is 0 Å². The van der Waals surface area contributed by atoms with Crippen molar-refractivity contribution in [2.24, 2.45) is 0 Å². The Morgan fingerprint density at radius 3 is 2.17 bits per heavy atom. The van der Waals surface area contributed by atoms with E-state index in [2.05, 4.69) is 0 Å². The maximum absolute atomic E-state index is 14.7. The normalized spacial score (nSPS) is 16.6. The molecule has 1 amide bonds. The van der Waals surface area contributed by atoms with Gasteiger partial charge in [-0.05, 0) is 73.1 Å². The zero-order valence-electron chi connectivity index (χ0n) is 19.3. The summed E-state index contributed by atoms with van der Waals surface area (Å²) in [5.41, 5.74) is 2.03. The lowest BCUT2D eigenvalue weighted by Gasteiger charge is -2.42. The summed E-state index contributed by atoms with van der Waals surface area (Å²) in [6.07, 6.45) is 0.378. The molecule has 3 aromatic rings. The van der Waals surface area contributed by atoms with Crippen molar-refractivity contribution in [3.05, 3.63) is 82.2 Å². The monoisotopic (exact) mass is 487 g/mol. The van der Waals surface area contributed by atoms with Crippen LogP contribution in [0.2, 0.25) is 0 Å². The number of carbonyl (C=O) groups excluding carboxylic acids is 1. The van der Waals surface area contributed by atoms with Gasteiger partial charge in [-0.1, -0.05) is 30.3 Å². The molecule has 0 bridgehead atoms. The zero-order valence-corrected chi connectivity index (χ0v) is 19.3. The van der Waals surface area contributed by atoms with E-state index in [0.717, 1.165) is 16.7 Å².